The van der Waals surface area contributed by atoms with E-state index < -0.39 is 9.84 Å². The number of aromatic nitrogens is 1. The van der Waals surface area contributed by atoms with Crippen LogP contribution in [0.5, 0.6) is 0 Å². The molecule has 1 fully saturated rings. The van der Waals surface area contributed by atoms with Crippen LogP contribution in [-0.4, -0.2) is 38.0 Å². The molecule has 2 rings (SSSR count). The second kappa shape index (κ2) is 4.29. The molecule has 0 amide bonds. The van der Waals surface area contributed by atoms with E-state index in [1.54, 1.807) is 12.3 Å². The third-order valence-corrected chi connectivity index (χ3v) is 4.41. The van der Waals surface area contributed by atoms with Crippen molar-refractivity contribution in [1.29, 1.82) is 0 Å². The van der Waals surface area contributed by atoms with Gasteiger partial charge < -0.3 is 10.6 Å². The van der Waals surface area contributed by atoms with Gasteiger partial charge in [0.25, 0.3) is 0 Å². The summed E-state index contributed by atoms with van der Waals surface area (Å²) in [7, 11) is -2.86. The van der Waals surface area contributed by atoms with Crippen molar-refractivity contribution in [2.45, 2.75) is 6.42 Å². The van der Waals surface area contributed by atoms with E-state index in [2.05, 4.69) is 4.98 Å². The van der Waals surface area contributed by atoms with Crippen LogP contribution in [0, 0.1) is 0 Å². The largest absolute Gasteiger partial charge is 0.384 e. The smallest absolute Gasteiger partial charge is 0.152 e. The summed E-state index contributed by atoms with van der Waals surface area (Å²) < 4.78 is 22.9. The molecule has 0 bridgehead atoms. The Morgan fingerprint density at radius 3 is 2.75 bits per heavy atom. The lowest BCUT2D eigenvalue weighted by molar-refractivity contribution is 0.597. The lowest BCUT2D eigenvalue weighted by Crippen LogP contribution is -2.26. The standard InChI is InChI=1S/C10H15N3O2S/c11-10-3-2-9(8-12-10)13-4-1-6-16(14,15)7-5-13/h2-3,8H,1,4-7H2,(H2,11,12). The molecule has 0 saturated carbocycles. The lowest BCUT2D eigenvalue weighted by Gasteiger charge is -2.21. The molecule has 16 heavy (non-hydrogen) atoms. The SMILES string of the molecule is Nc1ccc(N2CCCS(=O)(=O)CC2)cn1. The van der Waals surface area contributed by atoms with Gasteiger partial charge in [0.2, 0.25) is 0 Å². The molecule has 1 aromatic rings. The molecule has 1 aliphatic rings. The highest BCUT2D eigenvalue weighted by molar-refractivity contribution is 7.91. The first-order valence-electron chi connectivity index (χ1n) is 5.24. The summed E-state index contributed by atoms with van der Waals surface area (Å²) in [5.41, 5.74) is 6.44. The van der Waals surface area contributed by atoms with Gasteiger partial charge in [0, 0.05) is 13.1 Å². The number of pyridine rings is 1. The molecule has 1 saturated heterocycles. The molecular formula is C10H15N3O2S. The summed E-state index contributed by atoms with van der Waals surface area (Å²) in [5, 5.41) is 0. The van der Waals surface area contributed by atoms with Crippen molar-refractivity contribution in [3.63, 3.8) is 0 Å². The Morgan fingerprint density at radius 1 is 1.25 bits per heavy atom. The fourth-order valence-electron chi connectivity index (χ4n) is 1.78. The van der Waals surface area contributed by atoms with E-state index in [0.717, 1.165) is 12.2 Å². The molecule has 2 N–H and O–H groups in total. The van der Waals surface area contributed by atoms with E-state index in [9.17, 15) is 8.42 Å². The van der Waals surface area contributed by atoms with Gasteiger partial charge in [-0.15, -0.1) is 0 Å². The minimum atomic E-state index is -2.86. The number of sulfone groups is 1. The van der Waals surface area contributed by atoms with Gasteiger partial charge in [-0.2, -0.15) is 0 Å². The number of rotatable bonds is 1. The fraction of sp³-hybridized carbons (Fsp3) is 0.500. The normalized spacial score (nSPS) is 20.4. The second-order valence-electron chi connectivity index (χ2n) is 3.93. The summed E-state index contributed by atoms with van der Waals surface area (Å²) in [4.78, 5) is 6.05. The minimum absolute atomic E-state index is 0.220. The maximum absolute atomic E-state index is 11.4. The average Bonchev–Trinajstić information content (AvgIpc) is 2.41. The van der Waals surface area contributed by atoms with Crippen LogP contribution in [-0.2, 0) is 9.84 Å². The van der Waals surface area contributed by atoms with Gasteiger partial charge in [0.05, 0.1) is 23.4 Å². The van der Waals surface area contributed by atoms with Crippen molar-refractivity contribution < 1.29 is 8.42 Å². The third-order valence-electron chi connectivity index (χ3n) is 2.69. The molecular weight excluding hydrogens is 226 g/mol. The number of nitrogen functional groups attached to an aromatic ring is 1. The lowest BCUT2D eigenvalue weighted by atomic mass is 10.3. The van der Waals surface area contributed by atoms with E-state index in [0.29, 0.717) is 18.8 Å². The summed E-state index contributed by atoms with van der Waals surface area (Å²) in [5.74, 6) is 0.981. The monoisotopic (exact) mass is 241 g/mol. The zero-order valence-corrected chi connectivity index (χ0v) is 9.78. The van der Waals surface area contributed by atoms with Crippen LogP contribution >= 0.6 is 0 Å². The van der Waals surface area contributed by atoms with E-state index in [1.165, 1.54) is 0 Å². The second-order valence-corrected chi connectivity index (χ2v) is 6.24. The number of anilines is 2. The van der Waals surface area contributed by atoms with Crippen molar-refractivity contribution >= 4 is 21.3 Å². The van der Waals surface area contributed by atoms with Crippen molar-refractivity contribution in [1.82, 2.24) is 4.98 Å². The van der Waals surface area contributed by atoms with Crippen LogP contribution in [0.2, 0.25) is 0 Å². The summed E-state index contributed by atoms with van der Waals surface area (Å²) in [6.45, 7) is 1.29. The van der Waals surface area contributed by atoms with E-state index in [4.69, 9.17) is 5.73 Å². The fourth-order valence-corrected chi connectivity index (χ4v) is 3.05. The zero-order chi connectivity index (χ0) is 11.6. The summed E-state index contributed by atoms with van der Waals surface area (Å²) in [6, 6.07) is 3.61. The molecule has 0 radical (unpaired) electrons. The van der Waals surface area contributed by atoms with Gasteiger partial charge in [-0.25, -0.2) is 13.4 Å². The predicted molar refractivity (Wildman–Crippen MR) is 64.1 cm³/mol. The molecule has 0 atom stereocenters. The van der Waals surface area contributed by atoms with Crippen LogP contribution in [0.1, 0.15) is 6.42 Å². The number of nitrogens with two attached hydrogens (primary N) is 1. The van der Waals surface area contributed by atoms with Crippen molar-refractivity contribution in [2.24, 2.45) is 0 Å². The van der Waals surface area contributed by atoms with Gasteiger partial charge >= 0.3 is 0 Å². The Kier molecular flexibility index (Phi) is 3.00. The van der Waals surface area contributed by atoms with Crippen molar-refractivity contribution in [2.75, 3.05) is 35.2 Å². The summed E-state index contributed by atoms with van der Waals surface area (Å²) in [6.07, 6.45) is 2.36. The Labute approximate surface area is 95.2 Å². The third kappa shape index (κ3) is 2.63. The van der Waals surface area contributed by atoms with E-state index in [-0.39, 0.29) is 11.5 Å². The van der Waals surface area contributed by atoms with Crippen LogP contribution in [0.25, 0.3) is 0 Å². The first-order valence-corrected chi connectivity index (χ1v) is 7.06. The van der Waals surface area contributed by atoms with E-state index in [1.807, 2.05) is 11.0 Å². The number of nitrogens with zero attached hydrogens (tertiary/aromatic N) is 2. The Morgan fingerprint density at radius 2 is 2.06 bits per heavy atom. The molecule has 0 spiro atoms. The summed E-state index contributed by atoms with van der Waals surface area (Å²) >= 11 is 0. The van der Waals surface area contributed by atoms with Crippen molar-refractivity contribution in [3.8, 4) is 0 Å². The predicted octanol–water partition coefficient (Wildman–Crippen LogP) is 0.289. The van der Waals surface area contributed by atoms with Gasteiger partial charge in [-0.05, 0) is 18.6 Å². The molecule has 0 aliphatic carbocycles. The molecule has 1 aliphatic heterocycles. The van der Waals surface area contributed by atoms with Crippen LogP contribution < -0.4 is 10.6 Å². The molecule has 1 aromatic heterocycles. The first-order chi connectivity index (χ1) is 7.57. The number of hydrogen-bond donors (Lipinski definition) is 1. The zero-order valence-electron chi connectivity index (χ0n) is 8.96. The molecule has 0 unspecified atom stereocenters. The molecule has 88 valence electrons. The van der Waals surface area contributed by atoms with Gasteiger partial charge in [-0.3, -0.25) is 0 Å². The highest BCUT2D eigenvalue weighted by Gasteiger charge is 2.19. The maximum atomic E-state index is 11.4. The van der Waals surface area contributed by atoms with Crippen LogP contribution in [0.3, 0.4) is 0 Å². The van der Waals surface area contributed by atoms with Crippen molar-refractivity contribution in [3.05, 3.63) is 18.3 Å². The number of hydrogen-bond acceptors (Lipinski definition) is 5. The molecule has 2 heterocycles. The Bertz CT molecular complexity index is 455. The molecule has 0 aromatic carbocycles. The van der Waals surface area contributed by atoms with Crippen LogP contribution in [0.15, 0.2) is 18.3 Å². The highest BCUT2D eigenvalue weighted by atomic mass is 32.2. The molecule has 5 nitrogen and oxygen atoms in total. The average molecular weight is 241 g/mol. The Balaban J connectivity index is 2.13. The topological polar surface area (TPSA) is 76.3 Å². The van der Waals surface area contributed by atoms with Gasteiger partial charge in [0.15, 0.2) is 9.84 Å². The van der Waals surface area contributed by atoms with Crippen LogP contribution in [0.4, 0.5) is 11.5 Å². The van der Waals surface area contributed by atoms with Gasteiger partial charge in [0.1, 0.15) is 5.82 Å². The van der Waals surface area contributed by atoms with E-state index >= 15 is 0 Å². The Hall–Kier alpha value is -1.30. The molecule has 6 heteroatoms. The highest BCUT2D eigenvalue weighted by Crippen LogP contribution is 2.16. The first kappa shape index (κ1) is 11.2. The quantitative estimate of drug-likeness (QED) is 0.764. The minimum Gasteiger partial charge on any atom is -0.384 e. The van der Waals surface area contributed by atoms with Gasteiger partial charge in [-0.1, -0.05) is 0 Å². The maximum Gasteiger partial charge on any atom is 0.152 e.